The molecule has 4 rings (SSSR count). The molecule has 3 aromatic rings. The van der Waals surface area contributed by atoms with Gasteiger partial charge in [0.1, 0.15) is 12.0 Å². The molecule has 0 unspecified atom stereocenters. The predicted octanol–water partition coefficient (Wildman–Crippen LogP) is 4.02. The Kier molecular flexibility index (Phi) is 5.50. The van der Waals surface area contributed by atoms with Gasteiger partial charge in [-0.25, -0.2) is 14.4 Å². The maximum Gasteiger partial charge on any atom is 0.163 e. The van der Waals surface area contributed by atoms with Gasteiger partial charge in [-0.05, 0) is 30.7 Å². The van der Waals surface area contributed by atoms with Crippen molar-refractivity contribution in [2.24, 2.45) is 5.92 Å². The first kappa shape index (κ1) is 18.8. The number of aromatic nitrogens is 3. The Bertz CT molecular complexity index is 939. The summed E-state index contributed by atoms with van der Waals surface area (Å²) in [6.45, 7) is 0.708. The highest BCUT2D eigenvalue weighted by Gasteiger charge is 2.29. The number of nitrogens with zero attached hydrogens (tertiary/aromatic N) is 4. The molecule has 5 nitrogen and oxygen atoms in total. The Morgan fingerprint density at radius 3 is 2.64 bits per heavy atom. The highest BCUT2D eigenvalue weighted by Crippen LogP contribution is 2.29. The van der Waals surface area contributed by atoms with Gasteiger partial charge in [-0.1, -0.05) is 23.7 Å². The molecule has 1 aliphatic heterocycles. The molecule has 7 heteroatoms. The van der Waals surface area contributed by atoms with Gasteiger partial charge in [-0.3, -0.25) is 4.98 Å². The number of halogens is 2. The summed E-state index contributed by atoms with van der Waals surface area (Å²) in [6, 6.07) is 13.0. The molecule has 0 aliphatic carbocycles. The van der Waals surface area contributed by atoms with E-state index in [-0.39, 0.29) is 19.1 Å². The second-order valence-corrected chi connectivity index (χ2v) is 7.31. The topological polar surface area (TPSA) is 62.1 Å². The van der Waals surface area contributed by atoms with E-state index in [0.29, 0.717) is 29.6 Å². The summed E-state index contributed by atoms with van der Waals surface area (Å²) in [7, 11) is 0. The Labute approximate surface area is 167 Å². The third kappa shape index (κ3) is 3.98. The number of rotatable bonds is 4. The maximum atomic E-state index is 14.4. The van der Waals surface area contributed by atoms with E-state index in [2.05, 4.69) is 9.97 Å². The summed E-state index contributed by atoms with van der Waals surface area (Å²) in [5.41, 5.74) is 2.43. The minimum atomic E-state index is -1.09. The highest BCUT2D eigenvalue weighted by atomic mass is 35.5. The van der Waals surface area contributed by atoms with Crippen molar-refractivity contribution in [2.75, 3.05) is 24.6 Å². The molecule has 1 saturated heterocycles. The van der Waals surface area contributed by atoms with Gasteiger partial charge in [0.05, 0.1) is 12.2 Å². The summed E-state index contributed by atoms with van der Waals surface area (Å²) in [5, 5.41) is 9.97. The van der Waals surface area contributed by atoms with Gasteiger partial charge in [0.2, 0.25) is 0 Å². The maximum absolute atomic E-state index is 14.4. The summed E-state index contributed by atoms with van der Waals surface area (Å²) in [5.74, 6) is 0.889. The van der Waals surface area contributed by atoms with Gasteiger partial charge in [-0.2, -0.15) is 0 Å². The average Bonchev–Trinajstić information content (AvgIpc) is 2.74. The Morgan fingerprint density at radius 1 is 1.14 bits per heavy atom. The van der Waals surface area contributed by atoms with Gasteiger partial charge < -0.3 is 10.0 Å². The van der Waals surface area contributed by atoms with Crippen LogP contribution in [0.25, 0.3) is 22.6 Å². The second-order valence-electron chi connectivity index (χ2n) is 6.88. The Balaban J connectivity index is 1.75. The molecule has 0 spiro atoms. The lowest BCUT2D eigenvalue weighted by molar-refractivity contribution is 0.120. The number of anilines is 1. The van der Waals surface area contributed by atoms with Crippen LogP contribution in [0.5, 0.6) is 0 Å². The van der Waals surface area contributed by atoms with Crippen molar-refractivity contribution in [2.45, 2.75) is 12.6 Å². The normalized spacial score (nSPS) is 19.6. The van der Waals surface area contributed by atoms with Crippen molar-refractivity contribution < 1.29 is 9.50 Å². The molecular formula is C21H20ClFN4O. The van der Waals surface area contributed by atoms with E-state index < -0.39 is 6.17 Å². The van der Waals surface area contributed by atoms with Gasteiger partial charge >= 0.3 is 0 Å². The number of alkyl halides is 1. The number of hydrogen-bond donors (Lipinski definition) is 1. The number of piperidine rings is 1. The van der Waals surface area contributed by atoms with Crippen molar-refractivity contribution in [3.63, 3.8) is 0 Å². The zero-order valence-corrected chi connectivity index (χ0v) is 15.9. The van der Waals surface area contributed by atoms with Crippen LogP contribution in [0.3, 0.4) is 0 Å². The summed E-state index contributed by atoms with van der Waals surface area (Å²) < 4.78 is 14.4. The third-order valence-electron chi connectivity index (χ3n) is 5.01. The summed E-state index contributed by atoms with van der Waals surface area (Å²) in [4.78, 5) is 15.4. The van der Waals surface area contributed by atoms with Crippen LogP contribution in [0.4, 0.5) is 10.2 Å². The van der Waals surface area contributed by atoms with E-state index in [9.17, 15) is 9.50 Å². The lowest BCUT2D eigenvalue weighted by Crippen LogP contribution is -2.43. The molecule has 2 aromatic heterocycles. The second kappa shape index (κ2) is 8.20. The quantitative estimate of drug-likeness (QED) is 0.719. The number of aliphatic hydroxyl groups is 1. The molecule has 1 aromatic carbocycles. The van der Waals surface area contributed by atoms with Crippen LogP contribution in [0.2, 0.25) is 5.02 Å². The van der Waals surface area contributed by atoms with Crippen molar-refractivity contribution in [3.05, 3.63) is 59.9 Å². The largest absolute Gasteiger partial charge is 0.396 e. The third-order valence-corrected chi connectivity index (χ3v) is 5.26. The van der Waals surface area contributed by atoms with Gasteiger partial charge in [0.15, 0.2) is 5.82 Å². The standard InChI is InChI=1S/C21H20ClFN4O/c22-17-5-3-14(4-6-17)19-10-20(27-9-7-16(13-28)18(23)12-27)26-21(25-19)15-2-1-8-24-11-15/h1-6,8,10-11,16,18,28H,7,9,12-13H2/t16-,18+/m1/s1. The summed E-state index contributed by atoms with van der Waals surface area (Å²) in [6.07, 6.45) is 2.90. The van der Waals surface area contributed by atoms with E-state index in [1.807, 2.05) is 47.4 Å². The van der Waals surface area contributed by atoms with Gasteiger partial charge in [0.25, 0.3) is 0 Å². The molecule has 1 N–H and O–H groups in total. The zero-order chi connectivity index (χ0) is 19.5. The predicted molar refractivity (Wildman–Crippen MR) is 108 cm³/mol. The number of benzene rings is 1. The molecule has 0 bridgehead atoms. The number of pyridine rings is 1. The fraction of sp³-hybridized carbons (Fsp3) is 0.286. The van der Waals surface area contributed by atoms with E-state index >= 15 is 0 Å². The van der Waals surface area contributed by atoms with Crippen molar-refractivity contribution >= 4 is 17.4 Å². The first-order valence-electron chi connectivity index (χ1n) is 9.19. The molecule has 3 heterocycles. The lowest BCUT2D eigenvalue weighted by atomic mass is 9.96. The molecule has 1 fully saturated rings. The molecule has 28 heavy (non-hydrogen) atoms. The van der Waals surface area contributed by atoms with Crippen molar-refractivity contribution in [1.29, 1.82) is 0 Å². The van der Waals surface area contributed by atoms with E-state index in [0.717, 1.165) is 16.8 Å². The fourth-order valence-corrected chi connectivity index (χ4v) is 3.48. The molecule has 0 saturated carbocycles. The minimum Gasteiger partial charge on any atom is -0.396 e. The fourth-order valence-electron chi connectivity index (χ4n) is 3.36. The molecule has 2 atom stereocenters. The van der Waals surface area contributed by atoms with Crippen LogP contribution in [-0.2, 0) is 0 Å². The van der Waals surface area contributed by atoms with Gasteiger partial charge in [-0.15, -0.1) is 0 Å². The van der Waals surface area contributed by atoms with Crippen LogP contribution < -0.4 is 4.90 Å². The van der Waals surface area contributed by atoms with Crippen LogP contribution in [0.1, 0.15) is 6.42 Å². The monoisotopic (exact) mass is 398 g/mol. The van der Waals surface area contributed by atoms with Crippen molar-refractivity contribution in [3.8, 4) is 22.6 Å². The smallest absolute Gasteiger partial charge is 0.163 e. The van der Waals surface area contributed by atoms with Gasteiger partial charge in [0, 0.05) is 53.7 Å². The van der Waals surface area contributed by atoms with E-state index in [1.165, 1.54) is 0 Å². The SMILES string of the molecule is OC[C@H]1CCN(c2cc(-c3ccc(Cl)cc3)nc(-c3cccnc3)n2)C[C@@H]1F. The van der Waals surface area contributed by atoms with Crippen LogP contribution in [-0.4, -0.2) is 45.9 Å². The molecule has 1 aliphatic rings. The first-order valence-corrected chi connectivity index (χ1v) is 9.57. The van der Waals surface area contributed by atoms with E-state index in [1.54, 1.807) is 12.4 Å². The molecule has 0 radical (unpaired) electrons. The zero-order valence-electron chi connectivity index (χ0n) is 15.2. The molecule has 144 valence electrons. The van der Waals surface area contributed by atoms with Crippen LogP contribution >= 0.6 is 11.6 Å². The summed E-state index contributed by atoms with van der Waals surface area (Å²) >= 11 is 6.01. The average molecular weight is 399 g/mol. The van der Waals surface area contributed by atoms with E-state index in [4.69, 9.17) is 16.6 Å². The van der Waals surface area contributed by atoms with Crippen molar-refractivity contribution in [1.82, 2.24) is 15.0 Å². The highest BCUT2D eigenvalue weighted by molar-refractivity contribution is 6.30. The number of hydrogen-bond acceptors (Lipinski definition) is 5. The molecular weight excluding hydrogens is 379 g/mol. The minimum absolute atomic E-state index is 0.129. The Morgan fingerprint density at radius 2 is 1.96 bits per heavy atom. The molecule has 0 amide bonds. The first-order chi connectivity index (χ1) is 13.6. The number of aliphatic hydroxyl groups excluding tert-OH is 1. The lowest BCUT2D eigenvalue weighted by Gasteiger charge is -2.34. The Hall–Kier alpha value is -2.57. The van der Waals surface area contributed by atoms with Crippen LogP contribution in [0.15, 0.2) is 54.9 Å². The van der Waals surface area contributed by atoms with Crippen LogP contribution in [0, 0.1) is 5.92 Å².